The summed E-state index contributed by atoms with van der Waals surface area (Å²) in [4.78, 5) is 26.8. The third-order valence-corrected chi connectivity index (χ3v) is 2.32. The normalized spacial score (nSPS) is 11.6. The summed E-state index contributed by atoms with van der Waals surface area (Å²) < 4.78 is 0. The van der Waals surface area contributed by atoms with Crippen LogP contribution < -0.4 is 16.6 Å². The average Bonchev–Trinajstić information content (AvgIpc) is 2.44. The molecule has 20 heavy (non-hydrogen) atoms. The molecule has 0 fully saturated rings. The molecule has 0 aliphatic carbocycles. The number of hydrogen-bond donors (Lipinski definition) is 4. The van der Waals surface area contributed by atoms with Crippen LogP contribution in [0.3, 0.4) is 0 Å². The van der Waals surface area contributed by atoms with Crippen molar-refractivity contribution in [2.45, 2.75) is 12.5 Å². The first-order chi connectivity index (χ1) is 9.58. The SMILES string of the molecule is C#CCC(NC(=O)c1cccc(N=CNN)c1)C(=O)O. The van der Waals surface area contributed by atoms with Gasteiger partial charge in [-0.25, -0.2) is 15.6 Å². The molecule has 1 atom stereocenters. The largest absolute Gasteiger partial charge is 0.480 e. The first kappa shape index (κ1) is 15.2. The third kappa shape index (κ3) is 4.44. The fourth-order valence-electron chi connectivity index (χ4n) is 1.40. The quantitative estimate of drug-likeness (QED) is 0.192. The van der Waals surface area contributed by atoms with Crippen molar-refractivity contribution in [2.75, 3.05) is 0 Å². The number of hydrazine groups is 1. The van der Waals surface area contributed by atoms with Crippen molar-refractivity contribution in [1.29, 1.82) is 0 Å². The van der Waals surface area contributed by atoms with Gasteiger partial charge >= 0.3 is 5.97 Å². The van der Waals surface area contributed by atoms with Gasteiger partial charge < -0.3 is 15.8 Å². The van der Waals surface area contributed by atoms with E-state index in [1.807, 2.05) is 0 Å². The lowest BCUT2D eigenvalue weighted by molar-refractivity contribution is -0.139. The second-order valence-corrected chi connectivity index (χ2v) is 3.75. The molecule has 7 heteroatoms. The number of nitrogens with zero attached hydrogens (tertiary/aromatic N) is 1. The van der Waals surface area contributed by atoms with Crippen LogP contribution in [0.1, 0.15) is 16.8 Å². The summed E-state index contributed by atoms with van der Waals surface area (Å²) in [5, 5.41) is 11.3. The number of carbonyl (C=O) groups is 2. The summed E-state index contributed by atoms with van der Waals surface area (Å²) in [5.74, 6) is 5.53. The summed E-state index contributed by atoms with van der Waals surface area (Å²) in [6.07, 6.45) is 6.23. The zero-order chi connectivity index (χ0) is 15.0. The van der Waals surface area contributed by atoms with Crippen molar-refractivity contribution in [3.8, 4) is 12.3 Å². The fourth-order valence-corrected chi connectivity index (χ4v) is 1.40. The number of benzene rings is 1. The molecule has 0 spiro atoms. The predicted octanol–water partition coefficient (Wildman–Crippen LogP) is 0.0160. The van der Waals surface area contributed by atoms with Crippen LogP contribution in [0.25, 0.3) is 0 Å². The van der Waals surface area contributed by atoms with Crippen LogP contribution in [0.2, 0.25) is 0 Å². The van der Waals surface area contributed by atoms with Gasteiger partial charge in [-0.2, -0.15) is 0 Å². The van der Waals surface area contributed by atoms with E-state index < -0.39 is 17.9 Å². The molecular formula is C13H14N4O3. The molecule has 0 aromatic heterocycles. The van der Waals surface area contributed by atoms with E-state index in [0.29, 0.717) is 5.69 Å². The molecule has 104 valence electrons. The van der Waals surface area contributed by atoms with Crippen LogP contribution >= 0.6 is 0 Å². The number of amides is 1. The van der Waals surface area contributed by atoms with E-state index in [1.54, 1.807) is 18.2 Å². The summed E-state index contributed by atoms with van der Waals surface area (Å²) in [6.45, 7) is 0. The molecule has 5 N–H and O–H groups in total. The average molecular weight is 274 g/mol. The highest BCUT2D eigenvalue weighted by molar-refractivity contribution is 5.97. The minimum atomic E-state index is -1.18. The Hall–Kier alpha value is -2.85. The molecule has 0 bridgehead atoms. The third-order valence-electron chi connectivity index (χ3n) is 2.32. The van der Waals surface area contributed by atoms with E-state index in [0.717, 1.165) is 0 Å². The van der Waals surface area contributed by atoms with Crippen molar-refractivity contribution in [1.82, 2.24) is 10.7 Å². The molecule has 0 heterocycles. The lowest BCUT2D eigenvalue weighted by atomic mass is 10.1. The molecule has 0 aliphatic heterocycles. The minimum Gasteiger partial charge on any atom is -0.480 e. The van der Waals surface area contributed by atoms with Crippen LogP contribution in [0.15, 0.2) is 29.3 Å². The lowest BCUT2D eigenvalue weighted by Gasteiger charge is -2.11. The molecule has 1 rings (SSSR count). The Labute approximate surface area is 115 Å². The van der Waals surface area contributed by atoms with Crippen LogP contribution in [0.5, 0.6) is 0 Å². The second kappa shape index (κ2) is 7.56. The fraction of sp³-hybridized carbons (Fsp3) is 0.154. The van der Waals surface area contributed by atoms with Gasteiger partial charge in [0, 0.05) is 12.0 Å². The molecule has 1 aromatic carbocycles. The van der Waals surface area contributed by atoms with Crippen molar-refractivity contribution in [3.05, 3.63) is 29.8 Å². The van der Waals surface area contributed by atoms with E-state index in [1.165, 1.54) is 12.4 Å². The van der Waals surface area contributed by atoms with Gasteiger partial charge in [0.05, 0.1) is 5.69 Å². The monoisotopic (exact) mass is 274 g/mol. The van der Waals surface area contributed by atoms with Gasteiger partial charge in [0.1, 0.15) is 12.4 Å². The summed E-state index contributed by atoms with van der Waals surface area (Å²) in [5.41, 5.74) is 3.01. The van der Waals surface area contributed by atoms with Gasteiger partial charge in [0.15, 0.2) is 0 Å². The van der Waals surface area contributed by atoms with Gasteiger partial charge in [-0.3, -0.25) is 4.79 Å². The molecule has 1 amide bonds. The summed E-state index contributed by atoms with van der Waals surface area (Å²) >= 11 is 0. The van der Waals surface area contributed by atoms with E-state index in [4.69, 9.17) is 17.4 Å². The van der Waals surface area contributed by atoms with E-state index in [-0.39, 0.29) is 12.0 Å². The Kier molecular flexibility index (Phi) is 5.75. The van der Waals surface area contributed by atoms with E-state index in [2.05, 4.69) is 21.7 Å². The molecule has 1 aromatic rings. The van der Waals surface area contributed by atoms with Crippen LogP contribution in [-0.4, -0.2) is 29.4 Å². The second-order valence-electron chi connectivity index (χ2n) is 3.75. The minimum absolute atomic E-state index is 0.0873. The Morgan fingerprint density at radius 2 is 2.30 bits per heavy atom. The molecule has 0 saturated carbocycles. The zero-order valence-corrected chi connectivity index (χ0v) is 10.5. The Morgan fingerprint density at radius 1 is 1.55 bits per heavy atom. The number of terminal acetylenes is 1. The molecule has 0 radical (unpaired) electrons. The van der Waals surface area contributed by atoms with Gasteiger partial charge in [-0.15, -0.1) is 12.3 Å². The molecule has 0 saturated heterocycles. The number of hydrogen-bond acceptors (Lipinski definition) is 4. The van der Waals surface area contributed by atoms with Crippen LogP contribution in [-0.2, 0) is 4.79 Å². The van der Waals surface area contributed by atoms with Gasteiger partial charge in [0.2, 0.25) is 0 Å². The standard InChI is InChI=1S/C13H14N4O3/c1-2-4-11(13(19)20)17-12(18)9-5-3-6-10(7-9)15-8-16-14/h1,3,5-8,11H,4,14H2,(H,15,16)(H,17,18)(H,19,20). The van der Waals surface area contributed by atoms with Crippen molar-refractivity contribution in [3.63, 3.8) is 0 Å². The maximum Gasteiger partial charge on any atom is 0.327 e. The van der Waals surface area contributed by atoms with Crippen molar-refractivity contribution in [2.24, 2.45) is 10.8 Å². The highest BCUT2D eigenvalue weighted by Crippen LogP contribution is 2.13. The topological polar surface area (TPSA) is 117 Å². The van der Waals surface area contributed by atoms with Crippen molar-refractivity contribution < 1.29 is 14.7 Å². The smallest absolute Gasteiger partial charge is 0.327 e. The number of carbonyl (C=O) groups excluding carboxylic acids is 1. The molecule has 1 unspecified atom stereocenters. The number of aliphatic imine (C=N–C) groups is 1. The van der Waals surface area contributed by atoms with Crippen LogP contribution in [0, 0.1) is 12.3 Å². The van der Waals surface area contributed by atoms with Gasteiger partial charge in [0.25, 0.3) is 5.91 Å². The Balaban J connectivity index is 2.84. The predicted molar refractivity (Wildman–Crippen MR) is 74.3 cm³/mol. The van der Waals surface area contributed by atoms with Gasteiger partial charge in [-0.1, -0.05) is 6.07 Å². The van der Waals surface area contributed by atoms with Crippen LogP contribution in [0.4, 0.5) is 5.69 Å². The maximum absolute atomic E-state index is 11.9. The maximum atomic E-state index is 11.9. The van der Waals surface area contributed by atoms with E-state index in [9.17, 15) is 9.59 Å². The number of carboxylic acids is 1. The summed E-state index contributed by atoms with van der Waals surface area (Å²) in [6, 6.07) is 5.21. The van der Waals surface area contributed by atoms with E-state index >= 15 is 0 Å². The van der Waals surface area contributed by atoms with Crippen molar-refractivity contribution >= 4 is 23.9 Å². The number of nitrogens with one attached hydrogen (secondary N) is 2. The Bertz CT molecular complexity index is 563. The Morgan fingerprint density at radius 3 is 2.90 bits per heavy atom. The first-order valence-electron chi connectivity index (χ1n) is 5.64. The number of nitrogens with two attached hydrogens (primary N) is 1. The zero-order valence-electron chi connectivity index (χ0n) is 10.5. The molecular weight excluding hydrogens is 260 g/mol. The number of rotatable bonds is 6. The highest BCUT2D eigenvalue weighted by atomic mass is 16.4. The number of aliphatic carboxylic acids is 1. The lowest BCUT2D eigenvalue weighted by Crippen LogP contribution is -2.40. The molecule has 7 nitrogen and oxygen atoms in total. The first-order valence-corrected chi connectivity index (χ1v) is 5.64. The highest BCUT2D eigenvalue weighted by Gasteiger charge is 2.19. The van der Waals surface area contributed by atoms with Gasteiger partial charge in [-0.05, 0) is 18.2 Å². The number of carboxylic acid groups (broad SMARTS) is 1. The summed E-state index contributed by atoms with van der Waals surface area (Å²) in [7, 11) is 0. The molecule has 0 aliphatic rings.